The van der Waals surface area contributed by atoms with Gasteiger partial charge in [0.05, 0.1) is 10.6 Å². The van der Waals surface area contributed by atoms with Gasteiger partial charge in [0.2, 0.25) is 0 Å². The molecule has 130 valence electrons. The Balaban J connectivity index is 1.39. The van der Waals surface area contributed by atoms with Crippen molar-refractivity contribution >= 4 is 34.8 Å². The maximum Gasteiger partial charge on any atom is 0.287 e. The molecular weight excluding hydrogens is 364 g/mol. The van der Waals surface area contributed by atoms with Crippen LogP contribution >= 0.6 is 22.9 Å². The van der Waals surface area contributed by atoms with E-state index in [2.05, 4.69) is 20.8 Å². The summed E-state index contributed by atoms with van der Waals surface area (Å²) in [4.78, 5) is 24.8. The molecule has 0 bridgehead atoms. The monoisotopic (exact) mass is 378 g/mol. The Labute approximate surface area is 152 Å². The quantitative estimate of drug-likeness (QED) is 0.550. The van der Waals surface area contributed by atoms with E-state index in [1.165, 1.54) is 12.1 Å². The van der Waals surface area contributed by atoms with Crippen LogP contribution in [0.5, 0.6) is 0 Å². The first kappa shape index (κ1) is 17.2. The topological polar surface area (TPSA) is 100 Å². The second-order valence-electron chi connectivity index (χ2n) is 5.11. The predicted octanol–water partition coefficient (Wildman–Crippen LogP) is 2.93. The number of halogens is 1. The molecular formula is C16H15ClN4O3S. The second kappa shape index (κ2) is 8.00. The van der Waals surface area contributed by atoms with E-state index >= 15 is 0 Å². The van der Waals surface area contributed by atoms with Crippen LogP contribution in [-0.2, 0) is 0 Å². The molecule has 0 saturated carbocycles. The zero-order valence-corrected chi connectivity index (χ0v) is 14.6. The number of nitrogens with one attached hydrogen (secondary N) is 3. The van der Waals surface area contributed by atoms with E-state index in [-0.39, 0.29) is 22.8 Å². The first-order chi connectivity index (χ1) is 12.1. The average molecular weight is 379 g/mol. The first-order valence-corrected chi connectivity index (χ1v) is 8.80. The van der Waals surface area contributed by atoms with Gasteiger partial charge in [-0.1, -0.05) is 6.07 Å². The number of carbonyl (C=O) groups is 2. The number of furan rings is 1. The van der Waals surface area contributed by atoms with Crippen LogP contribution in [0, 0.1) is 0 Å². The maximum atomic E-state index is 12.0. The number of amides is 2. The Hall–Kier alpha value is -2.58. The van der Waals surface area contributed by atoms with Gasteiger partial charge >= 0.3 is 0 Å². The van der Waals surface area contributed by atoms with Crippen molar-refractivity contribution in [2.24, 2.45) is 0 Å². The SMILES string of the molecule is O=C(NCCCNC(=O)c1ccc(Cl)o1)c1cc(-c2cccs2)[nH]n1. The molecule has 0 fully saturated rings. The molecule has 0 spiro atoms. The van der Waals surface area contributed by atoms with Crippen LogP contribution in [0.3, 0.4) is 0 Å². The van der Waals surface area contributed by atoms with Crippen molar-refractivity contribution in [2.75, 3.05) is 13.1 Å². The van der Waals surface area contributed by atoms with Gasteiger partial charge in [0.1, 0.15) is 0 Å². The number of H-pyrrole nitrogens is 1. The molecule has 0 aliphatic heterocycles. The maximum absolute atomic E-state index is 12.0. The lowest BCUT2D eigenvalue weighted by molar-refractivity contribution is 0.0925. The number of nitrogens with zero attached hydrogens (tertiary/aromatic N) is 1. The third-order valence-electron chi connectivity index (χ3n) is 3.32. The molecule has 0 unspecified atom stereocenters. The minimum absolute atomic E-state index is 0.159. The molecule has 3 heterocycles. The molecule has 0 aliphatic carbocycles. The van der Waals surface area contributed by atoms with E-state index in [4.69, 9.17) is 16.0 Å². The van der Waals surface area contributed by atoms with Crippen LogP contribution in [0.2, 0.25) is 5.22 Å². The molecule has 3 N–H and O–H groups in total. The fourth-order valence-corrected chi connectivity index (χ4v) is 2.94. The van der Waals surface area contributed by atoms with Gasteiger partial charge in [0, 0.05) is 13.1 Å². The molecule has 2 amide bonds. The summed E-state index contributed by atoms with van der Waals surface area (Å²) < 4.78 is 5.00. The molecule has 0 radical (unpaired) electrons. The molecule has 3 aromatic rings. The highest BCUT2D eigenvalue weighted by Crippen LogP contribution is 2.22. The lowest BCUT2D eigenvalue weighted by atomic mass is 10.3. The predicted molar refractivity (Wildman–Crippen MR) is 94.9 cm³/mol. The lowest BCUT2D eigenvalue weighted by Gasteiger charge is -2.04. The number of carbonyl (C=O) groups excluding carboxylic acids is 2. The van der Waals surface area contributed by atoms with E-state index in [0.717, 1.165) is 10.6 Å². The van der Waals surface area contributed by atoms with Gasteiger partial charge in [-0.15, -0.1) is 11.3 Å². The van der Waals surface area contributed by atoms with Crippen molar-refractivity contribution in [1.82, 2.24) is 20.8 Å². The normalized spacial score (nSPS) is 10.6. The third-order valence-corrected chi connectivity index (χ3v) is 4.43. The summed E-state index contributed by atoms with van der Waals surface area (Å²) in [6.45, 7) is 0.817. The average Bonchev–Trinajstić information content (AvgIpc) is 3.34. The Morgan fingerprint density at radius 3 is 2.68 bits per heavy atom. The number of thiophene rings is 1. The molecule has 3 rings (SSSR count). The van der Waals surface area contributed by atoms with E-state index in [9.17, 15) is 9.59 Å². The van der Waals surface area contributed by atoms with Crippen molar-refractivity contribution in [2.45, 2.75) is 6.42 Å². The summed E-state index contributed by atoms with van der Waals surface area (Å²) in [6.07, 6.45) is 0.578. The van der Waals surface area contributed by atoms with Crippen LogP contribution in [-0.4, -0.2) is 35.1 Å². The fourth-order valence-electron chi connectivity index (χ4n) is 2.10. The standard InChI is InChI=1S/C16H15ClN4O3S/c17-14-5-4-12(24-14)16(23)19-7-2-6-18-15(22)11-9-10(20-21-11)13-3-1-8-25-13/h1,3-5,8-9H,2,6-7H2,(H,18,22)(H,19,23)(H,20,21). The molecule has 7 nitrogen and oxygen atoms in total. The van der Waals surface area contributed by atoms with Gasteiger partial charge in [-0.25, -0.2) is 0 Å². The van der Waals surface area contributed by atoms with Crippen molar-refractivity contribution < 1.29 is 14.0 Å². The van der Waals surface area contributed by atoms with E-state index < -0.39 is 0 Å². The second-order valence-corrected chi connectivity index (χ2v) is 6.43. The van der Waals surface area contributed by atoms with E-state index in [1.54, 1.807) is 17.4 Å². The minimum Gasteiger partial charge on any atom is -0.440 e. The van der Waals surface area contributed by atoms with Gasteiger partial charge in [0.15, 0.2) is 16.7 Å². The number of hydrogen-bond donors (Lipinski definition) is 3. The zero-order chi connectivity index (χ0) is 17.6. The molecule has 3 aromatic heterocycles. The molecule has 9 heteroatoms. The summed E-state index contributed by atoms with van der Waals surface area (Å²) in [6, 6.07) is 8.61. The van der Waals surface area contributed by atoms with Gasteiger partial charge in [-0.05, 0) is 47.7 Å². The smallest absolute Gasteiger partial charge is 0.287 e. The van der Waals surface area contributed by atoms with Gasteiger partial charge in [0.25, 0.3) is 11.8 Å². The number of aromatic amines is 1. The van der Waals surface area contributed by atoms with Gasteiger partial charge in [-0.2, -0.15) is 5.10 Å². The Morgan fingerprint density at radius 2 is 2.00 bits per heavy atom. The van der Waals surface area contributed by atoms with Crippen molar-refractivity contribution in [3.8, 4) is 10.6 Å². The highest BCUT2D eigenvalue weighted by molar-refractivity contribution is 7.13. The van der Waals surface area contributed by atoms with E-state index in [0.29, 0.717) is 25.2 Å². The van der Waals surface area contributed by atoms with Gasteiger partial charge < -0.3 is 15.1 Å². The van der Waals surface area contributed by atoms with E-state index in [1.807, 2.05) is 17.5 Å². The summed E-state index contributed by atoms with van der Waals surface area (Å²) in [5.41, 5.74) is 1.14. The lowest BCUT2D eigenvalue weighted by Crippen LogP contribution is -2.29. The minimum atomic E-state index is -0.342. The Kier molecular flexibility index (Phi) is 5.52. The number of aromatic nitrogens is 2. The van der Waals surface area contributed by atoms with Crippen molar-refractivity contribution in [3.63, 3.8) is 0 Å². The highest BCUT2D eigenvalue weighted by Gasteiger charge is 2.12. The summed E-state index contributed by atoms with van der Waals surface area (Å²) >= 11 is 7.18. The zero-order valence-electron chi connectivity index (χ0n) is 13.0. The first-order valence-electron chi connectivity index (χ1n) is 7.54. The Morgan fingerprint density at radius 1 is 1.20 bits per heavy atom. The molecule has 0 saturated heterocycles. The highest BCUT2D eigenvalue weighted by atomic mass is 35.5. The number of hydrogen-bond acceptors (Lipinski definition) is 5. The van der Waals surface area contributed by atoms with Crippen LogP contribution in [0.4, 0.5) is 0 Å². The van der Waals surface area contributed by atoms with Crippen LogP contribution in [0.1, 0.15) is 27.5 Å². The molecule has 25 heavy (non-hydrogen) atoms. The molecule has 0 aromatic carbocycles. The number of rotatable bonds is 7. The van der Waals surface area contributed by atoms with Crippen molar-refractivity contribution in [1.29, 1.82) is 0 Å². The van der Waals surface area contributed by atoms with Crippen LogP contribution < -0.4 is 10.6 Å². The van der Waals surface area contributed by atoms with Crippen LogP contribution in [0.15, 0.2) is 40.1 Å². The largest absolute Gasteiger partial charge is 0.440 e. The summed E-state index contributed by atoms with van der Waals surface area (Å²) in [5, 5.41) is 14.4. The van der Waals surface area contributed by atoms with Crippen molar-refractivity contribution in [3.05, 3.63) is 52.4 Å². The Bertz CT molecular complexity index is 857. The third kappa shape index (κ3) is 4.49. The molecule has 0 atom stereocenters. The van der Waals surface area contributed by atoms with Crippen LogP contribution in [0.25, 0.3) is 10.6 Å². The molecule has 0 aliphatic rings. The fraction of sp³-hybridized carbons (Fsp3) is 0.188. The van der Waals surface area contributed by atoms with Gasteiger partial charge in [-0.3, -0.25) is 14.7 Å². The summed E-state index contributed by atoms with van der Waals surface area (Å²) in [5.74, 6) is -0.444. The summed E-state index contributed by atoms with van der Waals surface area (Å²) in [7, 11) is 0.